The third-order valence-corrected chi connectivity index (χ3v) is 10.5. The van der Waals surface area contributed by atoms with Crippen molar-refractivity contribution in [3.63, 3.8) is 0 Å². The molecule has 0 atom stereocenters. The van der Waals surface area contributed by atoms with Crippen LogP contribution in [0, 0.1) is 11.3 Å². The molecule has 0 aliphatic carbocycles. The zero-order valence-electron chi connectivity index (χ0n) is 12.0. The number of hydrogen-bond acceptors (Lipinski definition) is 6. The van der Waals surface area contributed by atoms with Crippen molar-refractivity contribution >= 4 is 40.6 Å². The summed E-state index contributed by atoms with van der Waals surface area (Å²) in [5, 5.41) is 9.62. The van der Waals surface area contributed by atoms with Crippen LogP contribution < -0.4 is 0 Å². The van der Waals surface area contributed by atoms with E-state index in [1.165, 1.54) is 5.56 Å². The molecule has 0 heterocycles. The number of rotatable bonds is 7. The van der Waals surface area contributed by atoms with Gasteiger partial charge in [0.05, 0.1) is 11.6 Å². The lowest BCUT2D eigenvalue weighted by molar-refractivity contribution is 0.354. The molecule has 0 fully saturated rings. The van der Waals surface area contributed by atoms with E-state index in [0.717, 1.165) is 5.08 Å². The van der Waals surface area contributed by atoms with E-state index in [9.17, 15) is 0 Å². The number of thioether (sulfide) groups is 1. The van der Waals surface area contributed by atoms with E-state index >= 15 is 0 Å². The fourth-order valence-corrected chi connectivity index (χ4v) is 7.45. The van der Waals surface area contributed by atoms with Crippen LogP contribution >= 0.6 is 28.8 Å². The lowest BCUT2D eigenvalue weighted by Gasteiger charge is -2.26. The van der Waals surface area contributed by atoms with Crippen LogP contribution in [0.2, 0.25) is 0 Å². The molecule has 1 rings (SSSR count). The van der Waals surface area contributed by atoms with E-state index in [1.54, 1.807) is 37.4 Å². The van der Waals surface area contributed by atoms with E-state index in [1.807, 2.05) is 24.3 Å². The summed E-state index contributed by atoms with van der Waals surface area (Å²) in [5.41, 5.74) is -0.321. The van der Waals surface area contributed by atoms with E-state index in [2.05, 4.69) is 19.9 Å². The SMILES string of the molecule is COP(=S)(OC)SCSC(C)(C)c1ccc(C#N)cc1. The summed E-state index contributed by atoms with van der Waals surface area (Å²) >= 11 is 8.65. The minimum absolute atomic E-state index is 0.0529. The zero-order chi connectivity index (χ0) is 15.2. The fourth-order valence-electron chi connectivity index (χ4n) is 1.45. The van der Waals surface area contributed by atoms with Crippen LogP contribution in [0.3, 0.4) is 0 Å². The van der Waals surface area contributed by atoms with E-state index in [0.29, 0.717) is 5.56 Å². The van der Waals surface area contributed by atoms with Gasteiger partial charge in [-0.15, -0.1) is 11.8 Å². The van der Waals surface area contributed by atoms with Gasteiger partial charge in [-0.2, -0.15) is 5.26 Å². The van der Waals surface area contributed by atoms with Crippen molar-refractivity contribution in [2.45, 2.75) is 18.6 Å². The first-order valence-electron chi connectivity index (χ1n) is 5.87. The summed E-state index contributed by atoms with van der Waals surface area (Å²) in [6.07, 6.45) is 0. The monoisotopic (exact) mass is 347 g/mol. The van der Waals surface area contributed by atoms with E-state index in [-0.39, 0.29) is 4.75 Å². The molecule has 0 amide bonds. The zero-order valence-corrected chi connectivity index (χ0v) is 15.3. The molecule has 3 nitrogen and oxygen atoms in total. The van der Waals surface area contributed by atoms with Crippen molar-refractivity contribution in [2.75, 3.05) is 19.3 Å². The molecule has 7 heteroatoms. The molecule has 0 aliphatic rings. The molecular formula is C13H18NO2PS3. The highest BCUT2D eigenvalue weighted by atomic mass is 32.9. The van der Waals surface area contributed by atoms with Gasteiger partial charge in [0.1, 0.15) is 0 Å². The van der Waals surface area contributed by atoms with Gasteiger partial charge in [0.15, 0.2) is 0 Å². The predicted molar refractivity (Wildman–Crippen MR) is 92.5 cm³/mol. The van der Waals surface area contributed by atoms with Crippen molar-refractivity contribution < 1.29 is 9.05 Å². The third-order valence-electron chi connectivity index (χ3n) is 2.79. The van der Waals surface area contributed by atoms with Crippen LogP contribution in [0.5, 0.6) is 0 Å². The molecule has 0 radical (unpaired) electrons. The Hall–Kier alpha value is -0.0200. The van der Waals surface area contributed by atoms with Gasteiger partial charge < -0.3 is 9.05 Å². The summed E-state index contributed by atoms with van der Waals surface area (Å²) in [6.45, 7) is 4.31. The summed E-state index contributed by atoms with van der Waals surface area (Å²) in [7, 11) is 3.18. The Kier molecular flexibility index (Phi) is 7.07. The Bertz CT molecular complexity index is 517. The summed E-state index contributed by atoms with van der Waals surface area (Å²) < 4.78 is 10.5. The van der Waals surface area contributed by atoms with E-state index in [4.69, 9.17) is 26.1 Å². The fraction of sp³-hybridized carbons (Fsp3) is 0.462. The number of benzene rings is 1. The highest BCUT2D eigenvalue weighted by Crippen LogP contribution is 2.61. The largest absolute Gasteiger partial charge is 0.325 e. The molecule has 0 aliphatic heterocycles. The third kappa shape index (κ3) is 5.07. The average Bonchev–Trinajstić information content (AvgIpc) is 2.47. The highest BCUT2D eigenvalue weighted by molar-refractivity contribution is 8.69. The highest BCUT2D eigenvalue weighted by Gasteiger charge is 2.23. The van der Waals surface area contributed by atoms with Gasteiger partial charge in [0.2, 0.25) is 5.69 Å². The second kappa shape index (κ2) is 7.84. The van der Waals surface area contributed by atoms with Crippen molar-refractivity contribution in [3.8, 4) is 6.07 Å². The molecule has 0 saturated heterocycles. The quantitative estimate of drug-likeness (QED) is 0.524. The van der Waals surface area contributed by atoms with Gasteiger partial charge in [0.25, 0.3) is 0 Å². The van der Waals surface area contributed by atoms with Gasteiger partial charge >= 0.3 is 0 Å². The Morgan fingerprint density at radius 1 is 1.25 bits per heavy atom. The average molecular weight is 347 g/mol. The van der Waals surface area contributed by atoms with Crippen LogP contribution in [0.4, 0.5) is 0 Å². The summed E-state index contributed by atoms with van der Waals surface area (Å²) in [4.78, 5) is 0. The van der Waals surface area contributed by atoms with Gasteiger partial charge in [-0.3, -0.25) is 0 Å². The Morgan fingerprint density at radius 3 is 2.25 bits per heavy atom. The minimum Gasteiger partial charge on any atom is -0.325 e. The van der Waals surface area contributed by atoms with Crippen molar-refractivity contribution in [1.82, 2.24) is 0 Å². The summed E-state index contributed by atoms with van der Waals surface area (Å²) in [6, 6.07) is 9.82. The Balaban J connectivity index is 2.65. The number of hydrogen-bond donors (Lipinski definition) is 0. The van der Waals surface area contributed by atoms with Crippen LogP contribution in [0.15, 0.2) is 24.3 Å². The van der Waals surface area contributed by atoms with E-state index < -0.39 is 5.69 Å². The summed E-state index contributed by atoms with van der Waals surface area (Å²) in [5.74, 6) is 0. The maximum Gasteiger partial charge on any atom is 0.247 e. The van der Waals surface area contributed by atoms with Crippen molar-refractivity contribution in [3.05, 3.63) is 35.4 Å². The lowest BCUT2D eigenvalue weighted by atomic mass is 10.0. The molecule has 1 aromatic rings. The van der Waals surface area contributed by atoms with Crippen molar-refractivity contribution in [2.24, 2.45) is 0 Å². The van der Waals surface area contributed by atoms with Crippen molar-refractivity contribution in [1.29, 1.82) is 5.26 Å². The van der Waals surface area contributed by atoms with Gasteiger partial charge in [-0.1, -0.05) is 23.5 Å². The maximum atomic E-state index is 8.82. The predicted octanol–water partition coefficient (Wildman–Crippen LogP) is 4.73. The molecule has 20 heavy (non-hydrogen) atoms. The first-order chi connectivity index (χ1) is 9.37. The lowest BCUT2D eigenvalue weighted by Crippen LogP contribution is -2.12. The first kappa shape index (κ1) is 18.0. The molecule has 0 spiro atoms. The van der Waals surface area contributed by atoms with Gasteiger partial charge in [-0.25, -0.2) is 0 Å². The Morgan fingerprint density at radius 2 is 1.80 bits per heavy atom. The number of nitriles is 1. The molecule has 1 aromatic carbocycles. The topological polar surface area (TPSA) is 42.2 Å². The molecule has 0 unspecified atom stereocenters. The maximum absolute atomic E-state index is 8.82. The van der Waals surface area contributed by atoms with Crippen LogP contribution in [-0.4, -0.2) is 19.3 Å². The standard InChI is InChI=1S/C13H18NO2PS3/c1-13(2,12-7-5-11(9-14)6-8-12)19-10-20-17(18,15-3)16-4/h5-8H,10H2,1-4H3. The van der Waals surface area contributed by atoms with Crippen LogP contribution in [0.25, 0.3) is 0 Å². The van der Waals surface area contributed by atoms with Gasteiger partial charge in [-0.05, 0) is 43.4 Å². The second-order valence-electron chi connectivity index (χ2n) is 4.40. The molecule has 0 bridgehead atoms. The molecule has 110 valence electrons. The normalized spacial score (nSPS) is 12.2. The Labute approximate surface area is 134 Å². The minimum atomic E-state index is -2.19. The molecule has 0 aromatic heterocycles. The molecular weight excluding hydrogens is 329 g/mol. The van der Waals surface area contributed by atoms with Crippen LogP contribution in [0.1, 0.15) is 25.0 Å². The van der Waals surface area contributed by atoms with Crippen LogP contribution in [-0.2, 0) is 25.6 Å². The smallest absolute Gasteiger partial charge is 0.247 e. The van der Waals surface area contributed by atoms with Gasteiger partial charge in [0, 0.05) is 24.1 Å². The second-order valence-corrected chi connectivity index (χ2v) is 12.9. The number of nitrogens with zero attached hydrogens (tertiary/aromatic N) is 1. The molecule has 0 saturated carbocycles. The molecule has 0 N–H and O–H groups in total. The first-order valence-corrected chi connectivity index (χ1v) is 11.1.